The highest BCUT2D eigenvalue weighted by atomic mass is 35.5. The Kier molecular flexibility index (Phi) is 4.19. The van der Waals surface area contributed by atoms with Gasteiger partial charge in [0.25, 0.3) is 5.91 Å². The highest BCUT2D eigenvalue weighted by molar-refractivity contribution is 6.32. The van der Waals surface area contributed by atoms with Crippen molar-refractivity contribution in [1.29, 1.82) is 0 Å². The van der Waals surface area contributed by atoms with Crippen LogP contribution in [0.15, 0.2) is 54.7 Å². The van der Waals surface area contributed by atoms with E-state index in [0.29, 0.717) is 24.4 Å². The maximum absolute atomic E-state index is 13.1. The van der Waals surface area contributed by atoms with Crippen LogP contribution in [0.25, 0.3) is 5.65 Å². The van der Waals surface area contributed by atoms with Crippen LogP contribution >= 0.6 is 11.6 Å². The van der Waals surface area contributed by atoms with E-state index in [4.69, 9.17) is 16.3 Å². The summed E-state index contributed by atoms with van der Waals surface area (Å²) in [5, 5.41) is 0.228. The summed E-state index contributed by atoms with van der Waals surface area (Å²) in [6.45, 7) is 2.99. The largest absolute Gasteiger partial charge is 0.367 e. The van der Waals surface area contributed by atoms with E-state index in [9.17, 15) is 4.79 Å². The molecule has 0 N–H and O–H groups in total. The lowest BCUT2D eigenvalue weighted by molar-refractivity contribution is -0.0693. The van der Waals surface area contributed by atoms with Gasteiger partial charge in [-0.3, -0.25) is 9.20 Å². The molecule has 0 bridgehead atoms. The molecule has 3 aromatic rings. The second kappa shape index (κ2) is 6.50. The number of pyridine rings is 1. The van der Waals surface area contributed by atoms with E-state index in [2.05, 4.69) is 4.98 Å². The van der Waals surface area contributed by atoms with Crippen LogP contribution in [0.4, 0.5) is 0 Å². The van der Waals surface area contributed by atoms with Crippen LogP contribution in [0.2, 0.25) is 5.15 Å². The third-order valence-electron chi connectivity index (χ3n) is 4.41. The molecular formula is C19H18ClN3O2. The van der Waals surface area contributed by atoms with Crippen LogP contribution in [-0.2, 0) is 4.74 Å². The SMILES string of the molecule is CC1CN(C(=O)c2c(Cl)nc3ccccn23)CC(c2ccccc2)O1. The van der Waals surface area contributed by atoms with Crippen molar-refractivity contribution in [3.05, 3.63) is 71.1 Å². The van der Waals surface area contributed by atoms with E-state index in [1.165, 1.54) is 0 Å². The lowest BCUT2D eigenvalue weighted by Gasteiger charge is -2.37. The monoisotopic (exact) mass is 355 g/mol. The number of hydrogen-bond donors (Lipinski definition) is 0. The number of benzene rings is 1. The van der Waals surface area contributed by atoms with Crippen molar-refractivity contribution in [1.82, 2.24) is 14.3 Å². The molecule has 1 aliphatic heterocycles. The molecule has 0 saturated carbocycles. The predicted octanol–water partition coefficient (Wildman–Crippen LogP) is 3.59. The van der Waals surface area contributed by atoms with Gasteiger partial charge in [0.2, 0.25) is 0 Å². The molecule has 1 aromatic carbocycles. The van der Waals surface area contributed by atoms with Crippen molar-refractivity contribution >= 4 is 23.2 Å². The molecule has 3 heterocycles. The number of rotatable bonds is 2. The van der Waals surface area contributed by atoms with Crippen molar-refractivity contribution in [3.8, 4) is 0 Å². The summed E-state index contributed by atoms with van der Waals surface area (Å²) in [6, 6.07) is 15.5. The van der Waals surface area contributed by atoms with E-state index >= 15 is 0 Å². The van der Waals surface area contributed by atoms with Gasteiger partial charge in [-0.05, 0) is 24.6 Å². The number of ether oxygens (including phenoxy) is 1. The number of fused-ring (bicyclic) bond motifs is 1. The number of morpholine rings is 1. The quantitative estimate of drug-likeness (QED) is 0.705. The van der Waals surface area contributed by atoms with Gasteiger partial charge in [0, 0.05) is 12.7 Å². The van der Waals surface area contributed by atoms with E-state index in [1.54, 1.807) is 15.5 Å². The second-order valence-electron chi connectivity index (χ2n) is 6.24. The molecule has 4 rings (SSSR count). The Balaban J connectivity index is 1.66. The van der Waals surface area contributed by atoms with E-state index < -0.39 is 0 Å². The topological polar surface area (TPSA) is 46.8 Å². The van der Waals surface area contributed by atoms with Gasteiger partial charge in [0.05, 0.1) is 12.6 Å². The zero-order valence-electron chi connectivity index (χ0n) is 13.8. The van der Waals surface area contributed by atoms with Crippen molar-refractivity contribution in [2.75, 3.05) is 13.1 Å². The Morgan fingerprint density at radius 2 is 1.92 bits per heavy atom. The molecule has 0 aliphatic carbocycles. The molecule has 25 heavy (non-hydrogen) atoms. The molecule has 1 aliphatic rings. The van der Waals surface area contributed by atoms with Crippen LogP contribution in [0.3, 0.4) is 0 Å². The normalized spacial score (nSPS) is 20.8. The zero-order chi connectivity index (χ0) is 17.4. The zero-order valence-corrected chi connectivity index (χ0v) is 14.6. The number of aromatic nitrogens is 2. The predicted molar refractivity (Wildman–Crippen MR) is 95.8 cm³/mol. The van der Waals surface area contributed by atoms with Gasteiger partial charge in [-0.25, -0.2) is 4.98 Å². The standard InChI is InChI=1S/C19H18ClN3O2/c1-13-11-22(12-15(25-13)14-7-3-2-4-8-14)19(24)17-18(20)21-16-9-5-6-10-23(16)17/h2-10,13,15H,11-12H2,1H3. The van der Waals surface area contributed by atoms with Crippen molar-refractivity contribution in [2.24, 2.45) is 0 Å². The molecule has 6 heteroatoms. The second-order valence-corrected chi connectivity index (χ2v) is 6.59. The summed E-state index contributed by atoms with van der Waals surface area (Å²) in [4.78, 5) is 19.2. The van der Waals surface area contributed by atoms with Gasteiger partial charge in [0.1, 0.15) is 11.8 Å². The summed E-state index contributed by atoms with van der Waals surface area (Å²) >= 11 is 6.26. The van der Waals surface area contributed by atoms with Crippen molar-refractivity contribution < 1.29 is 9.53 Å². The Morgan fingerprint density at radius 1 is 1.16 bits per heavy atom. The number of carbonyl (C=O) groups excluding carboxylic acids is 1. The molecule has 1 amide bonds. The Hall–Kier alpha value is -2.37. The summed E-state index contributed by atoms with van der Waals surface area (Å²) in [5.41, 5.74) is 2.13. The first-order chi connectivity index (χ1) is 12.1. The molecule has 128 valence electrons. The number of halogens is 1. The van der Waals surface area contributed by atoms with E-state index in [0.717, 1.165) is 5.56 Å². The Morgan fingerprint density at radius 3 is 2.72 bits per heavy atom. The van der Waals surface area contributed by atoms with Gasteiger partial charge < -0.3 is 9.64 Å². The number of carbonyl (C=O) groups is 1. The first-order valence-electron chi connectivity index (χ1n) is 8.26. The van der Waals surface area contributed by atoms with Crippen LogP contribution in [-0.4, -0.2) is 39.4 Å². The molecule has 2 unspecified atom stereocenters. The van der Waals surface area contributed by atoms with Gasteiger partial charge in [-0.1, -0.05) is 48.0 Å². The van der Waals surface area contributed by atoms with E-state index in [-0.39, 0.29) is 23.3 Å². The minimum absolute atomic E-state index is 0.0548. The Labute approximate surface area is 150 Å². The minimum Gasteiger partial charge on any atom is -0.367 e. The lowest BCUT2D eigenvalue weighted by atomic mass is 10.1. The molecule has 0 radical (unpaired) electrons. The first kappa shape index (κ1) is 16.1. The fraction of sp³-hybridized carbons (Fsp3) is 0.263. The van der Waals surface area contributed by atoms with Gasteiger partial charge in [-0.2, -0.15) is 0 Å². The van der Waals surface area contributed by atoms with Gasteiger partial charge in [0.15, 0.2) is 10.8 Å². The molecule has 2 atom stereocenters. The molecule has 1 fully saturated rings. The van der Waals surface area contributed by atoms with Crippen molar-refractivity contribution in [2.45, 2.75) is 19.1 Å². The first-order valence-corrected chi connectivity index (χ1v) is 8.63. The number of amides is 1. The number of hydrogen-bond acceptors (Lipinski definition) is 3. The molecule has 5 nitrogen and oxygen atoms in total. The summed E-state index contributed by atoms with van der Waals surface area (Å²) in [7, 11) is 0. The van der Waals surface area contributed by atoms with Crippen LogP contribution in [0.5, 0.6) is 0 Å². The smallest absolute Gasteiger partial charge is 0.274 e. The van der Waals surface area contributed by atoms with E-state index in [1.807, 2.05) is 55.5 Å². The Bertz CT molecular complexity index is 909. The van der Waals surface area contributed by atoms with Gasteiger partial charge in [-0.15, -0.1) is 0 Å². The average Bonchev–Trinajstić information content (AvgIpc) is 2.97. The highest BCUT2D eigenvalue weighted by Gasteiger charge is 2.32. The lowest BCUT2D eigenvalue weighted by Crippen LogP contribution is -2.46. The summed E-state index contributed by atoms with van der Waals surface area (Å²) < 4.78 is 7.78. The molecular weight excluding hydrogens is 338 g/mol. The van der Waals surface area contributed by atoms with Crippen molar-refractivity contribution in [3.63, 3.8) is 0 Å². The fourth-order valence-corrected chi connectivity index (χ4v) is 3.54. The highest BCUT2D eigenvalue weighted by Crippen LogP contribution is 2.27. The molecule has 1 saturated heterocycles. The summed E-state index contributed by atoms with van der Waals surface area (Å²) in [6.07, 6.45) is 1.60. The maximum Gasteiger partial charge on any atom is 0.274 e. The van der Waals surface area contributed by atoms with Crippen LogP contribution < -0.4 is 0 Å². The molecule has 0 spiro atoms. The third-order valence-corrected chi connectivity index (χ3v) is 4.67. The fourth-order valence-electron chi connectivity index (χ4n) is 3.28. The van der Waals surface area contributed by atoms with Crippen LogP contribution in [0.1, 0.15) is 29.1 Å². The maximum atomic E-state index is 13.1. The average molecular weight is 356 g/mol. The number of imidazole rings is 1. The summed E-state index contributed by atoms with van der Waals surface area (Å²) in [5.74, 6) is -0.125. The minimum atomic E-state index is -0.146. The number of nitrogens with zero attached hydrogens (tertiary/aromatic N) is 3. The molecule has 2 aromatic heterocycles. The van der Waals surface area contributed by atoms with Gasteiger partial charge >= 0.3 is 0 Å². The third kappa shape index (κ3) is 3.01. The van der Waals surface area contributed by atoms with Crippen LogP contribution in [0, 0.1) is 0 Å².